The quantitative estimate of drug-likeness (QED) is 0.875. The molecule has 1 atom stereocenters. The molecular weight excluding hydrogens is 322 g/mol. The average Bonchev–Trinajstić information content (AvgIpc) is 2.94. The Kier molecular flexibility index (Phi) is 5.08. The molecule has 0 spiro atoms. The predicted octanol–water partition coefficient (Wildman–Crippen LogP) is 2.49. The zero-order valence-corrected chi connectivity index (χ0v) is 13.4. The minimum absolute atomic E-state index is 0.0636. The summed E-state index contributed by atoms with van der Waals surface area (Å²) < 4.78 is 8.04. The van der Waals surface area contributed by atoms with E-state index in [0.717, 1.165) is 34.7 Å². The van der Waals surface area contributed by atoms with Gasteiger partial charge in [0.15, 0.2) is 5.82 Å². The maximum atomic E-state index is 5.38. The van der Waals surface area contributed by atoms with Gasteiger partial charge in [0.1, 0.15) is 11.4 Å². The Morgan fingerprint density at radius 2 is 2.25 bits per heavy atom. The first kappa shape index (κ1) is 14.9. The van der Waals surface area contributed by atoms with Gasteiger partial charge in [-0.15, -0.1) is 5.10 Å². The van der Waals surface area contributed by atoms with Crippen LogP contribution in [0.1, 0.15) is 32.1 Å². The van der Waals surface area contributed by atoms with E-state index in [-0.39, 0.29) is 6.04 Å². The first-order chi connectivity index (χ1) is 9.67. The van der Waals surface area contributed by atoms with Gasteiger partial charge in [0.25, 0.3) is 0 Å². The number of benzene rings is 1. The van der Waals surface area contributed by atoms with Crippen molar-refractivity contribution in [1.82, 2.24) is 25.5 Å². The molecule has 2 aromatic rings. The molecule has 1 N–H and O–H groups in total. The second-order valence-corrected chi connectivity index (χ2v) is 5.36. The lowest BCUT2D eigenvalue weighted by atomic mass is 10.2. The zero-order chi connectivity index (χ0) is 14.5. The van der Waals surface area contributed by atoms with Gasteiger partial charge in [-0.2, -0.15) is 4.68 Å². The highest BCUT2D eigenvalue weighted by Gasteiger charge is 2.17. The number of halogens is 1. The number of methoxy groups -OCH3 is 1. The Morgan fingerprint density at radius 1 is 1.45 bits per heavy atom. The molecule has 0 fully saturated rings. The van der Waals surface area contributed by atoms with Gasteiger partial charge in [-0.3, -0.25) is 0 Å². The van der Waals surface area contributed by atoms with Gasteiger partial charge < -0.3 is 10.1 Å². The SMILES string of the molecule is CCCNC(C)c1nnnn1-c1cc(Br)ccc1OC. The summed E-state index contributed by atoms with van der Waals surface area (Å²) in [5.41, 5.74) is 0.812. The number of rotatable bonds is 6. The van der Waals surface area contributed by atoms with Crippen LogP contribution < -0.4 is 10.1 Å². The Balaban J connectivity index is 2.39. The van der Waals surface area contributed by atoms with Crippen LogP contribution in [0.4, 0.5) is 0 Å². The van der Waals surface area contributed by atoms with Crippen molar-refractivity contribution >= 4 is 15.9 Å². The van der Waals surface area contributed by atoms with Gasteiger partial charge in [-0.05, 0) is 48.5 Å². The smallest absolute Gasteiger partial charge is 0.173 e. The maximum absolute atomic E-state index is 5.38. The molecule has 1 unspecified atom stereocenters. The molecule has 1 heterocycles. The van der Waals surface area contributed by atoms with Crippen LogP contribution in [0.2, 0.25) is 0 Å². The number of ether oxygens (including phenoxy) is 1. The third kappa shape index (κ3) is 3.16. The van der Waals surface area contributed by atoms with Crippen LogP contribution in [-0.2, 0) is 0 Å². The topological polar surface area (TPSA) is 64.9 Å². The largest absolute Gasteiger partial charge is 0.494 e. The second-order valence-electron chi connectivity index (χ2n) is 4.44. The first-order valence-electron chi connectivity index (χ1n) is 6.53. The van der Waals surface area contributed by atoms with Crippen molar-refractivity contribution in [2.24, 2.45) is 0 Å². The molecule has 0 aliphatic heterocycles. The van der Waals surface area contributed by atoms with E-state index in [1.165, 1.54) is 0 Å². The summed E-state index contributed by atoms with van der Waals surface area (Å²) in [5.74, 6) is 1.49. The number of nitrogens with zero attached hydrogens (tertiary/aromatic N) is 4. The Morgan fingerprint density at radius 3 is 2.95 bits per heavy atom. The number of tetrazole rings is 1. The molecule has 1 aromatic carbocycles. The molecule has 0 bridgehead atoms. The summed E-state index contributed by atoms with van der Waals surface area (Å²) in [6.45, 7) is 5.09. The molecule has 7 heteroatoms. The average molecular weight is 340 g/mol. The summed E-state index contributed by atoms with van der Waals surface area (Å²) in [6.07, 6.45) is 1.06. The van der Waals surface area contributed by atoms with Crippen LogP contribution in [0.25, 0.3) is 5.69 Å². The van der Waals surface area contributed by atoms with Gasteiger partial charge in [0.05, 0.1) is 13.2 Å². The van der Waals surface area contributed by atoms with Gasteiger partial charge in [0.2, 0.25) is 0 Å². The fraction of sp³-hybridized carbons (Fsp3) is 0.462. The number of nitrogens with one attached hydrogen (secondary N) is 1. The molecule has 0 aliphatic carbocycles. The van der Waals surface area contributed by atoms with E-state index in [1.807, 2.05) is 25.1 Å². The van der Waals surface area contributed by atoms with Crippen LogP contribution in [0.15, 0.2) is 22.7 Å². The highest BCUT2D eigenvalue weighted by atomic mass is 79.9. The monoisotopic (exact) mass is 339 g/mol. The highest BCUT2D eigenvalue weighted by Crippen LogP contribution is 2.27. The predicted molar refractivity (Wildman–Crippen MR) is 80.1 cm³/mol. The van der Waals surface area contributed by atoms with Crippen LogP contribution >= 0.6 is 15.9 Å². The lowest BCUT2D eigenvalue weighted by molar-refractivity contribution is 0.410. The molecule has 108 valence electrons. The van der Waals surface area contributed by atoms with Crippen molar-refractivity contribution < 1.29 is 4.74 Å². The minimum Gasteiger partial charge on any atom is -0.494 e. The lowest BCUT2D eigenvalue weighted by Gasteiger charge is -2.14. The lowest BCUT2D eigenvalue weighted by Crippen LogP contribution is -2.23. The van der Waals surface area contributed by atoms with Gasteiger partial charge in [-0.25, -0.2) is 0 Å². The van der Waals surface area contributed by atoms with Crippen molar-refractivity contribution in [3.05, 3.63) is 28.5 Å². The van der Waals surface area contributed by atoms with Crippen LogP contribution in [0, 0.1) is 0 Å². The third-order valence-corrected chi connectivity index (χ3v) is 3.44. The Hall–Kier alpha value is -1.47. The maximum Gasteiger partial charge on any atom is 0.173 e. The highest BCUT2D eigenvalue weighted by molar-refractivity contribution is 9.10. The molecular formula is C13H18BrN5O. The number of aromatic nitrogens is 4. The Labute approximate surface area is 126 Å². The number of hydrogen-bond donors (Lipinski definition) is 1. The molecule has 0 aliphatic rings. The standard InChI is InChI=1S/C13H18BrN5O/c1-4-7-15-9(2)13-16-17-18-19(13)11-8-10(14)5-6-12(11)20-3/h5-6,8-9,15H,4,7H2,1-3H3. The van der Waals surface area contributed by atoms with E-state index in [1.54, 1.807) is 11.8 Å². The van der Waals surface area contributed by atoms with E-state index in [2.05, 4.69) is 43.7 Å². The van der Waals surface area contributed by atoms with Crippen LogP contribution in [0.5, 0.6) is 5.75 Å². The summed E-state index contributed by atoms with van der Waals surface area (Å²) in [7, 11) is 1.63. The van der Waals surface area contributed by atoms with Crippen molar-refractivity contribution in [2.45, 2.75) is 26.3 Å². The summed E-state index contributed by atoms with van der Waals surface area (Å²) in [5, 5.41) is 15.4. The summed E-state index contributed by atoms with van der Waals surface area (Å²) >= 11 is 3.46. The fourth-order valence-corrected chi connectivity index (χ4v) is 2.27. The van der Waals surface area contributed by atoms with E-state index in [4.69, 9.17) is 4.74 Å². The van der Waals surface area contributed by atoms with E-state index in [9.17, 15) is 0 Å². The molecule has 2 rings (SSSR count). The normalized spacial score (nSPS) is 12.4. The van der Waals surface area contributed by atoms with Crippen LogP contribution in [0.3, 0.4) is 0 Å². The fourth-order valence-electron chi connectivity index (χ4n) is 1.92. The molecule has 6 nitrogen and oxygen atoms in total. The van der Waals surface area contributed by atoms with Gasteiger partial charge in [0, 0.05) is 4.47 Å². The van der Waals surface area contributed by atoms with Crippen molar-refractivity contribution in [3.8, 4) is 11.4 Å². The van der Waals surface area contributed by atoms with Crippen molar-refractivity contribution in [1.29, 1.82) is 0 Å². The van der Waals surface area contributed by atoms with Crippen LogP contribution in [-0.4, -0.2) is 33.9 Å². The molecule has 1 aromatic heterocycles. The van der Waals surface area contributed by atoms with Crippen molar-refractivity contribution in [2.75, 3.05) is 13.7 Å². The van der Waals surface area contributed by atoms with Gasteiger partial charge >= 0.3 is 0 Å². The summed E-state index contributed by atoms with van der Waals surface area (Å²) in [4.78, 5) is 0. The molecule has 0 radical (unpaired) electrons. The van der Waals surface area contributed by atoms with E-state index < -0.39 is 0 Å². The summed E-state index contributed by atoms with van der Waals surface area (Å²) in [6, 6.07) is 5.80. The number of hydrogen-bond acceptors (Lipinski definition) is 5. The molecule has 0 amide bonds. The van der Waals surface area contributed by atoms with Crippen molar-refractivity contribution in [3.63, 3.8) is 0 Å². The third-order valence-electron chi connectivity index (χ3n) is 2.95. The van der Waals surface area contributed by atoms with E-state index in [0.29, 0.717) is 0 Å². The molecule has 0 saturated carbocycles. The molecule has 0 saturated heterocycles. The first-order valence-corrected chi connectivity index (χ1v) is 7.32. The second kappa shape index (κ2) is 6.81. The minimum atomic E-state index is 0.0636. The molecule has 20 heavy (non-hydrogen) atoms. The van der Waals surface area contributed by atoms with E-state index >= 15 is 0 Å². The Bertz CT molecular complexity index is 572. The zero-order valence-electron chi connectivity index (χ0n) is 11.8. The van der Waals surface area contributed by atoms with Gasteiger partial charge in [-0.1, -0.05) is 22.9 Å².